The molecule has 22 heavy (non-hydrogen) atoms. The quantitative estimate of drug-likeness (QED) is 0.914. The minimum atomic E-state index is -0.00397. The normalized spacial score (nSPS) is 27.5. The zero-order valence-electron chi connectivity index (χ0n) is 12.8. The van der Waals surface area contributed by atoms with Crippen LogP contribution in [0, 0.1) is 11.3 Å². The average Bonchev–Trinajstić information content (AvgIpc) is 3.08. The maximum absolute atomic E-state index is 12.5. The van der Waals surface area contributed by atoms with Gasteiger partial charge in [-0.05, 0) is 30.9 Å². The lowest BCUT2D eigenvalue weighted by molar-refractivity contribution is 0.121. The molecular formula is C17H21N3O2. The molecule has 0 spiro atoms. The van der Waals surface area contributed by atoms with Gasteiger partial charge in [0.1, 0.15) is 0 Å². The van der Waals surface area contributed by atoms with Gasteiger partial charge in [0.25, 0.3) is 5.56 Å². The summed E-state index contributed by atoms with van der Waals surface area (Å²) in [4.78, 5) is 19.5. The van der Waals surface area contributed by atoms with Crippen LogP contribution in [0.25, 0.3) is 10.9 Å². The summed E-state index contributed by atoms with van der Waals surface area (Å²) in [5, 5.41) is 10.5. The molecule has 2 heterocycles. The highest BCUT2D eigenvalue weighted by atomic mass is 16.3. The van der Waals surface area contributed by atoms with Crippen molar-refractivity contribution in [2.75, 3.05) is 24.6 Å². The highest BCUT2D eigenvalue weighted by Gasteiger charge is 2.49. The predicted molar refractivity (Wildman–Crippen MR) is 86.1 cm³/mol. The number of aromatic nitrogens is 2. The number of hydrogen-bond acceptors (Lipinski definition) is 4. The summed E-state index contributed by atoms with van der Waals surface area (Å²) in [5.41, 5.74) is 0.745. The van der Waals surface area contributed by atoms with Crippen molar-refractivity contribution in [3.63, 3.8) is 0 Å². The molecule has 2 fully saturated rings. The summed E-state index contributed by atoms with van der Waals surface area (Å²) in [6.07, 6.45) is 3.44. The Labute approximate surface area is 129 Å². The first-order valence-electron chi connectivity index (χ1n) is 7.96. The lowest BCUT2D eigenvalue weighted by atomic mass is 9.82. The van der Waals surface area contributed by atoms with Crippen LogP contribution in [0.4, 0.5) is 5.95 Å². The molecule has 1 aliphatic heterocycles. The van der Waals surface area contributed by atoms with Gasteiger partial charge in [-0.3, -0.25) is 9.36 Å². The van der Waals surface area contributed by atoms with Crippen molar-refractivity contribution in [2.45, 2.75) is 19.3 Å². The SMILES string of the molecule is Cn1c(N2CC3CCCC3(CO)C2)nc2ccccc2c1=O. The van der Waals surface area contributed by atoms with Gasteiger partial charge in [0.15, 0.2) is 0 Å². The van der Waals surface area contributed by atoms with E-state index >= 15 is 0 Å². The number of benzene rings is 1. The molecule has 116 valence electrons. The molecular weight excluding hydrogens is 278 g/mol. The van der Waals surface area contributed by atoms with E-state index in [1.54, 1.807) is 11.6 Å². The molecule has 1 saturated carbocycles. The van der Waals surface area contributed by atoms with Gasteiger partial charge in [0.2, 0.25) is 5.95 Å². The number of hydrogen-bond donors (Lipinski definition) is 1. The van der Waals surface area contributed by atoms with Gasteiger partial charge in [-0.15, -0.1) is 0 Å². The Morgan fingerprint density at radius 1 is 1.41 bits per heavy atom. The van der Waals surface area contributed by atoms with Gasteiger partial charge in [0, 0.05) is 25.6 Å². The summed E-state index contributed by atoms with van der Waals surface area (Å²) < 4.78 is 1.65. The number of para-hydroxylation sites is 1. The monoisotopic (exact) mass is 299 g/mol. The summed E-state index contributed by atoms with van der Waals surface area (Å²) in [7, 11) is 1.79. The van der Waals surface area contributed by atoms with E-state index in [0.717, 1.165) is 31.0 Å². The Morgan fingerprint density at radius 2 is 2.23 bits per heavy atom. The molecule has 5 nitrogen and oxygen atoms in total. The van der Waals surface area contributed by atoms with Gasteiger partial charge in [-0.25, -0.2) is 4.98 Å². The van der Waals surface area contributed by atoms with E-state index in [-0.39, 0.29) is 17.6 Å². The third kappa shape index (κ3) is 1.81. The Balaban J connectivity index is 1.79. The van der Waals surface area contributed by atoms with E-state index in [1.807, 2.05) is 24.3 Å². The molecule has 0 bridgehead atoms. The first-order chi connectivity index (χ1) is 10.6. The zero-order chi connectivity index (χ0) is 15.3. The van der Waals surface area contributed by atoms with Crippen molar-refractivity contribution < 1.29 is 5.11 Å². The minimum absolute atomic E-state index is 0.00335. The molecule has 2 aromatic rings. The highest BCUT2D eigenvalue weighted by molar-refractivity contribution is 5.78. The van der Waals surface area contributed by atoms with Crippen molar-refractivity contribution in [3.8, 4) is 0 Å². The predicted octanol–water partition coefficient (Wildman–Crippen LogP) is 1.53. The van der Waals surface area contributed by atoms with E-state index in [2.05, 4.69) is 4.90 Å². The third-order valence-corrected chi connectivity index (χ3v) is 5.60. The van der Waals surface area contributed by atoms with Crippen LogP contribution in [-0.2, 0) is 7.05 Å². The van der Waals surface area contributed by atoms with Gasteiger partial charge >= 0.3 is 0 Å². The number of fused-ring (bicyclic) bond motifs is 2. The Bertz CT molecular complexity index is 785. The smallest absolute Gasteiger partial charge is 0.262 e. The number of aliphatic hydroxyl groups is 1. The lowest BCUT2D eigenvalue weighted by Gasteiger charge is -2.26. The van der Waals surface area contributed by atoms with Crippen LogP contribution in [0.2, 0.25) is 0 Å². The van der Waals surface area contributed by atoms with Crippen molar-refractivity contribution >= 4 is 16.9 Å². The second-order valence-electron chi connectivity index (χ2n) is 6.78. The second-order valence-corrected chi connectivity index (χ2v) is 6.78. The Morgan fingerprint density at radius 3 is 3.00 bits per heavy atom. The van der Waals surface area contributed by atoms with Crippen LogP contribution in [-0.4, -0.2) is 34.4 Å². The second kappa shape index (κ2) is 4.81. The number of rotatable bonds is 2. The van der Waals surface area contributed by atoms with E-state index in [9.17, 15) is 9.90 Å². The number of nitrogens with zero attached hydrogens (tertiary/aromatic N) is 3. The minimum Gasteiger partial charge on any atom is -0.396 e. The molecule has 1 N–H and O–H groups in total. The van der Waals surface area contributed by atoms with Gasteiger partial charge in [-0.1, -0.05) is 18.6 Å². The van der Waals surface area contributed by atoms with Gasteiger partial charge < -0.3 is 10.0 Å². The molecule has 2 atom stereocenters. The topological polar surface area (TPSA) is 58.4 Å². The van der Waals surface area contributed by atoms with Crippen LogP contribution >= 0.6 is 0 Å². The third-order valence-electron chi connectivity index (χ3n) is 5.60. The Hall–Kier alpha value is -1.88. The van der Waals surface area contributed by atoms with E-state index in [4.69, 9.17) is 4.98 Å². The van der Waals surface area contributed by atoms with E-state index in [0.29, 0.717) is 11.3 Å². The molecule has 2 aliphatic rings. The summed E-state index contributed by atoms with van der Waals surface area (Å²) in [6, 6.07) is 7.49. The fourth-order valence-corrected chi connectivity index (χ4v) is 4.31. The molecule has 1 saturated heterocycles. The number of anilines is 1. The zero-order valence-corrected chi connectivity index (χ0v) is 12.8. The molecule has 4 rings (SSSR count). The van der Waals surface area contributed by atoms with Crippen molar-refractivity contribution in [1.29, 1.82) is 0 Å². The molecule has 0 radical (unpaired) electrons. The fourth-order valence-electron chi connectivity index (χ4n) is 4.31. The van der Waals surface area contributed by atoms with Crippen LogP contribution in [0.3, 0.4) is 0 Å². The largest absolute Gasteiger partial charge is 0.396 e. The van der Waals surface area contributed by atoms with Crippen LogP contribution in [0.1, 0.15) is 19.3 Å². The van der Waals surface area contributed by atoms with Crippen molar-refractivity contribution in [1.82, 2.24) is 9.55 Å². The van der Waals surface area contributed by atoms with E-state index < -0.39 is 0 Å². The van der Waals surface area contributed by atoms with Gasteiger partial charge in [0.05, 0.1) is 17.5 Å². The molecule has 5 heteroatoms. The average molecular weight is 299 g/mol. The summed E-state index contributed by atoms with van der Waals surface area (Å²) in [5.74, 6) is 1.24. The molecule has 0 amide bonds. The molecule has 2 unspecified atom stereocenters. The van der Waals surface area contributed by atoms with Gasteiger partial charge in [-0.2, -0.15) is 0 Å². The van der Waals surface area contributed by atoms with Crippen LogP contribution in [0.15, 0.2) is 29.1 Å². The number of aliphatic hydroxyl groups excluding tert-OH is 1. The summed E-state index contributed by atoms with van der Waals surface area (Å²) in [6.45, 7) is 1.92. The molecule has 1 aliphatic carbocycles. The van der Waals surface area contributed by atoms with Crippen LogP contribution in [0.5, 0.6) is 0 Å². The maximum atomic E-state index is 12.5. The molecule has 1 aromatic heterocycles. The lowest BCUT2D eigenvalue weighted by Crippen LogP contribution is -2.34. The van der Waals surface area contributed by atoms with Crippen molar-refractivity contribution in [2.24, 2.45) is 18.4 Å². The standard InChI is InChI=1S/C17H21N3O2/c1-19-15(22)13-6-2-3-7-14(13)18-16(19)20-9-12-5-4-8-17(12,10-20)11-21/h2-3,6-7,12,21H,4-5,8-11H2,1H3. The fraction of sp³-hybridized carbons (Fsp3) is 0.529. The van der Waals surface area contributed by atoms with E-state index in [1.165, 1.54) is 12.8 Å². The summed E-state index contributed by atoms with van der Waals surface area (Å²) >= 11 is 0. The van der Waals surface area contributed by atoms with Crippen molar-refractivity contribution in [3.05, 3.63) is 34.6 Å². The Kier molecular flexibility index (Phi) is 3.01. The highest BCUT2D eigenvalue weighted by Crippen LogP contribution is 2.48. The maximum Gasteiger partial charge on any atom is 0.262 e. The van der Waals surface area contributed by atoms with Crippen LogP contribution < -0.4 is 10.5 Å². The molecule has 1 aromatic carbocycles. The first kappa shape index (κ1) is 13.8. The first-order valence-corrected chi connectivity index (χ1v) is 7.96.